The molecule has 9 rings (SSSR count). The molecule has 0 saturated carbocycles. The Labute approximate surface area is 564 Å². The predicted octanol–water partition coefficient (Wildman–Crippen LogP) is 2.93. The first kappa shape index (κ1) is 71.5. The molecule has 15 N–H and O–H groups in total. The minimum atomic E-state index is -2.01. The molecule has 1 fully saturated rings. The summed E-state index contributed by atoms with van der Waals surface area (Å²) < 4.78 is 29.8. The highest BCUT2D eigenvalue weighted by molar-refractivity contribution is 7.98. The fraction of sp³-hybridized carbons (Fsp3) is 0.388. The number of aliphatic carboxylic acids is 1. The quantitative estimate of drug-likeness (QED) is 0.0696. The number of H-pyrrole nitrogens is 3. The van der Waals surface area contributed by atoms with Crippen molar-refractivity contribution in [1.82, 2.24) is 67.4 Å². The lowest BCUT2D eigenvalue weighted by molar-refractivity contribution is -0.142. The van der Waals surface area contributed by atoms with Crippen molar-refractivity contribution in [2.45, 2.75) is 124 Å². The Kier molecular flexibility index (Phi) is 25.6. The van der Waals surface area contributed by atoms with Gasteiger partial charge in [0, 0.05) is 114 Å². The van der Waals surface area contributed by atoms with Crippen molar-refractivity contribution in [3.05, 3.63) is 155 Å². The number of rotatable bonds is 14. The maximum absolute atomic E-state index is 15.0. The van der Waals surface area contributed by atoms with Gasteiger partial charge in [-0.15, -0.1) is 0 Å². The van der Waals surface area contributed by atoms with Gasteiger partial charge >= 0.3 is 5.97 Å². The number of unbranched alkanes of at least 4 members (excludes halogenated alkanes) is 1. The third-order valence-electron chi connectivity index (χ3n) is 16.6. The van der Waals surface area contributed by atoms with Crippen LogP contribution in [0.1, 0.15) is 78.5 Å². The van der Waals surface area contributed by atoms with Gasteiger partial charge in [-0.3, -0.25) is 47.9 Å². The molecule has 0 radical (unpaired) electrons. The van der Waals surface area contributed by atoms with Crippen LogP contribution in [0, 0.1) is 11.6 Å². The van der Waals surface area contributed by atoms with E-state index in [1.165, 1.54) is 90.1 Å². The molecule has 5 heterocycles. The van der Waals surface area contributed by atoms with Gasteiger partial charge in [-0.25, -0.2) is 13.8 Å². The van der Waals surface area contributed by atoms with Gasteiger partial charge in [0.2, 0.25) is 53.2 Å². The van der Waals surface area contributed by atoms with Crippen LogP contribution in [0.3, 0.4) is 0 Å². The normalized spacial score (nSPS) is 21.7. The zero-order valence-electron chi connectivity index (χ0n) is 52.9. The Balaban J connectivity index is 1.03. The van der Waals surface area contributed by atoms with Gasteiger partial charge in [-0.2, -0.15) is 23.5 Å². The van der Waals surface area contributed by atoms with E-state index in [4.69, 9.17) is 5.73 Å². The number of halogens is 2. The fourth-order valence-corrected chi connectivity index (χ4v) is 13.3. The summed E-state index contributed by atoms with van der Waals surface area (Å²) in [6, 6.07) is 11.1. The Hall–Kier alpha value is -9.81. The number of hydrogen-bond donors (Lipinski definition) is 14. The Morgan fingerprint density at radius 1 is 0.608 bits per heavy atom. The van der Waals surface area contributed by atoms with Crippen LogP contribution in [0.2, 0.25) is 0 Å². The number of carboxylic acid groups (broad SMARTS) is 1. The van der Waals surface area contributed by atoms with Gasteiger partial charge in [0.1, 0.15) is 59.7 Å². The summed E-state index contributed by atoms with van der Waals surface area (Å²) in [5.41, 5.74) is 10.1. The number of fused-ring (bicyclic) bond motifs is 5. The molecule has 2 aliphatic rings. The molecule has 4 aromatic carbocycles. The number of phenolic OH excluding ortho intramolecular Hbond substituents is 1. The number of nitrogens with one attached hydrogen (secondary N) is 11. The first-order chi connectivity index (χ1) is 46.8. The summed E-state index contributed by atoms with van der Waals surface area (Å²) in [6.07, 6.45) is 5.20. The van der Waals surface area contributed by atoms with Crippen molar-refractivity contribution in [2.24, 2.45) is 5.73 Å². The fourth-order valence-electron chi connectivity index (χ4n) is 11.6. The number of hydrogen-bond acceptors (Lipinski definition) is 15. The number of carboxylic acids is 1. The number of aromatic amines is 3. The van der Waals surface area contributed by atoms with Gasteiger partial charge in [0.05, 0.1) is 19.3 Å². The number of nitrogens with zero attached hydrogens (tertiary/aromatic N) is 2. The SMILES string of the molecule is NCCCC[C@@H]1NC(=O)CCSCc2cccc(c2)CSCCNC(=O)[C@@H]2CCCN2C(=O)[C@H](Cc2ccc(O)cc2)NC(=O)C(Cc2cnc[nH]2)NC(=O)[C@H](CC(=O)O)NC(=O)[C@H](Cc2c[nH]c3ccc(F)cc23)NC(=O)[C@H](Cc2c[nH]c3ccc(F)cc23)NC(=O)CNC1=O. The molecule has 2 aliphatic heterocycles. The molecule has 30 heteroatoms. The van der Waals surface area contributed by atoms with Crippen LogP contribution in [0.4, 0.5) is 8.78 Å². The van der Waals surface area contributed by atoms with E-state index in [-0.39, 0.29) is 61.9 Å². The summed E-state index contributed by atoms with van der Waals surface area (Å²) in [4.78, 5) is 157. The van der Waals surface area contributed by atoms with Crippen LogP contribution >= 0.6 is 23.5 Å². The van der Waals surface area contributed by atoms with Gasteiger partial charge in [0.15, 0.2) is 0 Å². The number of nitrogens with two attached hydrogens (primary N) is 1. The first-order valence-electron chi connectivity index (χ1n) is 31.8. The van der Waals surface area contributed by atoms with E-state index >= 15 is 9.59 Å². The summed E-state index contributed by atoms with van der Waals surface area (Å²) in [6.45, 7) is 0.0287. The topological polar surface area (TPSA) is 397 Å². The van der Waals surface area contributed by atoms with E-state index in [2.05, 4.69) is 68.5 Å². The monoisotopic (exact) mass is 1370 g/mol. The number of carbonyl (C=O) groups is 10. The summed E-state index contributed by atoms with van der Waals surface area (Å²) in [5.74, 6) is -8.24. The van der Waals surface area contributed by atoms with Gasteiger partial charge in [-0.1, -0.05) is 36.4 Å². The Morgan fingerprint density at radius 3 is 1.81 bits per heavy atom. The molecule has 1 saturated heterocycles. The lowest BCUT2D eigenvalue weighted by atomic mass is 10.0. The highest BCUT2D eigenvalue weighted by Crippen LogP contribution is 2.26. The van der Waals surface area contributed by atoms with Crippen molar-refractivity contribution in [3.63, 3.8) is 0 Å². The lowest BCUT2D eigenvalue weighted by Crippen LogP contribution is -2.61. The predicted molar refractivity (Wildman–Crippen MR) is 359 cm³/mol. The van der Waals surface area contributed by atoms with Crippen molar-refractivity contribution >= 4 is 104 Å². The molecule has 7 aromatic rings. The minimum absolute atomic E-state index is 0.0577. The lowest BCUT2D eigenvalue weighted by Gasteiger charge is -2.30. The van der Waals surface area contributed by atoms with Crippen LogP contribution in [0.15, 0.2) is 110 Å². The third-order valence-corrected chi connectivity index (χ3v) is 18.7. The number of carbonyl (C=O) groups excluding carboxylic acids is 9. The van der Waals surface area contributed by atoms with Crippen molar-refractivity contribution < 1.29 is 66.9 Å². The van der Waals surface area contributed by atoms with E-state index in [0.717, 1.165) is 11.1 Å². The van der Waals surface area contributed by atoms with E-state index < -0.39 is 132 Å². The van der Waals surface area contributed by atoms with Crippen LogP contribution in [0.5, 0.6) is 5.75 Å². The zero-order chi connectivity index (χ0) is 69.0. The molecular weight excluding hydrogens is 1290 g/mol. The van der Waals surface area contributed by atoms with E-state index in [0.29, 0.717) is 88.5 Å². The number of imidazole rings is 1. The van der Waals surface area contributed by atoms with Crippen molar-refractivity contribution in [1.29, 1.82) is 0 Å². The molecule has 2 bridgehead atoms. The molecule has 26 nitrogen and oxygen atoms in total. The van der Waals surface area contributed by atoms with Crippen molar-refractivity contribution in [2.75, 3.05) is 37.7 Å². The average molecular weight is 1370 g/mol. The van der Waals surface area contributed by atoms with Crippen LogP contribution in [-0.4, -0.2) is 174 Å². The number of aromatic nitrogens is 4. The highest BCUT2D eigenvalue weighted by atomic mass is 32.2. The Bertz CT molecular complexity index is 3950. The standard InChI is InChI=1S/C67H78F2N14O12S2/c68-43-11-15-49-47(27-43)41(31-73-49)25-52-62(90)79-53(26-42-32-74-50-16-12-44(69)28-48(42)50)63(91)81-55(30-60(87)88)65(93)80-54(29-45-33-71-37-76-45)64(92)82-56(24-38-9-13-46(84)14-10-38)67(95)83-20-4-8-57(83)66(94)72-19-22-97-36-40-6-3-5-39(23-40)35-96-21-17-58(85)77-51(7-1-2-18-70)61(89)75-34-59(86)78-52/h3,5-6,9-16,23,27-28,31-33,37,51-57,73-74,84H,1-2,4,7-8,17-22,24-26,29-30,34-36,70H2,(H,71,76)(H,72,94)(H,75,89)(H,77,85)(H,78,86)(H,79,90)(H,80,93)(H,81,91)(H,82,92)(H,87,88)/t51-,52-,53-,54?,55-,56-,57-/m0/s1. The van der Waals surface area contributed by atoms with Gasteiger partial charge in [-0.05, 0) is 115 Å². The molecule has 9 amide bonds. The second-order valence-electron chi connectivity index (χ2n) is 23.8. The van der Waals surface area contributed by atoms with Crippen LogP contribution < -0.4 is 48.3 Å². The Morgan fingerprint density at radius 2 is 1.20 bits per heavy atom. The number of thioether (sulfide) groups is 2. The van der Waals surface area contributed by atoms with E-state index in [9.17, 15) is 57.4 Å². The molecule has 0 spiro atoms. The van der Waals surface area contributed by atoms with Crippen molar-refractivity contribution in [3.8, 4) is 5.75 Å². The first-order valence-corrected chi connectivity index (χ1v) is 34.2. The second-order valence-corrected chi connectivity index (χ2v) is 26.0. The molecule has 514 valence electrons. The molecule has 7 atom stereocenters. The number of phenols is 1. The van der Waals surface area contributed by atoms with E-state index in [1.54, 1.807) is 23.9 Å². The smallest absolute Gasteiger partial charge is 0.305 e. The largest absolute Gasteiger partial charge is 0.508 e. The van der Waals surface area contributed by atoms with E-state index in [1.807, 2.05) is 18.2 Å². The molecular formula is C67H78F2N14O12S2. The summed E-state index contributed by atoms with van der Waals surface area (Å²) in [7, 11) is 0. The maximum Gasteiger partial charge on any atom is 0.305 e. The zero-order valence-corrected chi connectivity index (χ0v) is 54.5. The third kappa shape index (κ3) is 20.6. The number of amides is 9. The molecule has 3 aromatic heterocycles. The minimum Gasteiger partial charge on any atom is -0.508 e. The number of benzene rings is 4. The second kappa shape index (κ2) is 34.7. The van der Waals surface area contributed by atoms with Crippen LogP contribution in [0.25, 0.3) is 21.8 Å². The highest BCUT2D eigenvalue weighted by Gasteiger charge is 2.40. The molecule has 0 aliphatic carbocycles. The van der Waals surface area contributed by atoms with Gasteiger partial charge < -0.3 is 78.3 Å². The number of aromatic hydroxyl groups is 1. The maximum atomic E-state index is 15.0. The molecule has 97 heavy (non-hydrogen) atoms. The summed E-state index contributed by atoms with van der Waals surface area (Å²) in [5, 5.41) is 42.4. The molecule has 1 unspecified atom stereocenters. The van der Waals surface area contributed by atoms with Crippen LogP contribution in [-0.2, 0) is 85.1 Å². The summed E-state index contributed by atoms with van der Waals surface area (Å²) >= 11 is 3.11. The van der Waals surface area contributed by atoms with Gasteiger partial charge in [0.25, 0.3) is 0 Å². The average Bonchev–Trinajstić information content (AvgIpc) is 1.89.